The molecule has 5 heteroatoms. The van der Waals surface area contributed by atoms with E-state index in [1.807, 2.05) is 24.3 Å². The summed E-state index contributed by atoms with van der Waals surface area (Å²) in [6.45, 7) is 5.26. The quantitative estimate of drug-likeness (QED) is 0.802. The molecule has 0 bridgehead atoms. The van der Waals surface area contributed by atoms with Crippen molar-refractivity contribution in [1.29, 1.82) is 0 Å². The topological polar surface area (TPSA) is 63.4 Å². The van der Waals surface area contributed by atoms with Crippen molar-refractivity contribution in [3.8, 4) is 0 Å². The van der Waals surface area contributed by atoms with Crippen molar-refractivity contribution in [1.82, 2.24) is 4.31 Å². The third-order valence-electron chi connectivity index (χ3n) is 3.91. The van der Waals surface area contributed by atoms with Crippen molar-refractivity contribution in [3.05, 3.63) is 35.4 Å². The molecule has 21 heavy (non-hydrogen) atoms. The lowest BCUT2D eigenvalue weighted by Crippen LogP contribution is -2.35. The van der Waals surface area contributed by atoms with Crippen molar-refractivity contribution in [2.45, 2.75) is 51.4 Å². The Morgan fingerprint density at radius 1 is 1.24 bits per heavy atom. The summed E-state index contributed by atoms with van der Waals surface area (Å²) < 4.78 is 27.2. The molecule has 0 spiro atoms. The van der Waals surface area contributed by atoms with E-state index >= 15 is 0 Å². The Labute approximate surface area is 128 Å². The van der Waals surface area contributed by atoms with E-state index in [2.05, 4.69) is 13.8 Å². The first kappa shape index (κ1) is 16.5. The molecule has 4 nitrogen and oxygen atoms in total. The lowest BCUT2D eigenvalue weighted by atomic mass is 10.1. The monoisotopic (exact) mass is 310 g/mol. The average molecular weight is 310 g/mol. The van der Waals surface area contributed by atoms with Crippen molar-refractivity contribution in [3.63, 3.8) is 0 Å². The van der Waals surface area contributed by atoms with Crippen LogP contribution in [-0.2, 0) is 22.3 Å². The van der Waals surface area contributed by atoms with E-state index in [9.17, 15) is 8.42 Å². The van der Waals surface area contributed by atoms with Gasteiger partial charge in [0.15, 0.2) is 0 Å². The molecular formula is C16H26N2O2S. The van der Waals surface area contributed by atoms with Gasteiger partial charge in [-0.3, -0.25) is 0 Å². The molecule has 1 aromatic rings. The predicted octanol–water partition coefficient (Wildman–Crippen LogP) is 2.49. The number of benzene rings is 1. The Hall–Kier alpha value is -0.910. The van der Waals surface area contributed by atoms with Gasteiger partial charge < -0.3 is 5.73 Å². The fourth-order valence-corrected chi connectivity index (χ4v) is 4.36. The molecule has 0 amide bonds. The molecule has 1 aliphatic carbocycles. The molecule has 1 aliphatic rings. The summed E-state index contributed by atoms with van der Waals surface area (Å²) in [6, 6.07) is 7.77. The van der Waals surface area contributed by atoms with E-state index in [1.165, 1.54) is 0 Å². The average Bonchev–Trinajstić information content (AvgIpc) is 3.23. The summed E-state index contributed by atoms with van der Waals surface area (Å²) in [5.41, 5.74) is 7.45. The molecule has 0 aliphatic heterocycles. The normalized spacial score (nSPS) is 15.9. The standard InChI is InChI=1S/C16H26N2O2S/c1-13(2)9-10-18(16-7-8-16)21(19,20)12-15-6-4-3-5-14(15)11-17/h3-6,13,16H,7-12,17H2,1-2H3. The van der Waals surface area contributed by atoms with Gasteiger partial charge in [0.2, 0.25) is 10.0 Å². The first-order valence-electron chi connectivity index (χ1n) is 7.70. The van der Waals surface area contributed by atoms with E-state index in [4.69, 9.17) is 5.73 Å². The van der Waals surface area contributed by atoms with Crippen LogP contribution in [0.1, 0.15) is 44.2 Å². The maximum Gasteiger partial charge on any atom is 0.218 e. The van der Waals surface area contributed by atoms with Crippen LogP contribution in [0.3, 0.4) is 0 Å². The van der Waals surface area contributed by atoms with Gasteiger partial charge in [0, 0.05) is 19.1 Å². The fourth-order valence-electron chi connectivity index (χ4n) is 2.47. The summed E-state index contributed by atoms with van der Waals surface area (Å²) in [7, 11) is -3.26. The Balaban J connectivity index is 2.14. The lowest BCUT2D eigenvalue weighted by molar-refractivity contribution is 0.373. The van der Waals surface area contributed by atoms with Gasteiger partial charge in [0.05, 0.1) is 5.75 Å². The van der Waals surface area contributed by atoms with Crippen LogP contribution >= 0.6 is 0 Å². The zero-order valence-electron chi connectivity index (χ0n) is 13.0. The van der Waals surface area contributed by atoms with E-state index in [1.54, 1.807) is 4.31 Å². The molecule has 1 fully saturated rings. The number of sulfonamides is 1. The number of hydrogen-bond acceptors (Lipinski definition) is 3. The second-order valence-electron chi connectivity index (χ2n) is 6.25. The van der Waals surface area contributed by atoms with E-state index in [0.717, 1.165) is 30.4 Å². The van der Waals surface area contributed by atoms with Gasteiger partial charge in [0.25, 0.3) is 0 Å². The number of nitrogens with two attached hydrogens (primary N) is 1. The van der Waals surface area contributed by atoms with Gasteiger partial charge in [0.1, 0.15) is 0 Å². The van der Waals surface area contributed by atoms with Gasteiger partial charge in [-0.2, -0.15) is 4.31 Å². The molecule has 0 heterocycles. The molecule has 0 radical (unpaired) electrons. The number of rotatable bonds is 8. The summed E-state index contributed by atoms with van der Waals surface area (Å²) in [5, 5.41) is 0. The van der Waals surface area contributed by atoms with Crippen LogP contribution in [0.5, 0.6) is 0 Å². The molecule has 0 unspecified atom stereocenters. The van der Waals surface area contributed by atoms with Gasteiger partial charge in [-0.05, 0) is 36.3 Å². The molecule has 1 aromatic carbocycles. The SMILES string of the molecule is CC(C)CCN(C1CC1)S(=O)(=O)Cc1ccccc1CN. The predicted molar refractivity (Wildman–Crippen MR) is 86.1 cm³/mol. The minimum atomic E-state index is -3.26. The van der Waals surface area contributed by atoms with Gasteiger partial charge in [-0.1, -0.05) is 38.1 Å². The third kappa shape index (κ3) is 4.53. The highest BCUT2D eigenvalue weighted by Gasteiger charge is 2.36. The molecule has 2 rings (SSSR count). The smallest absolute Gasteiger partial charge is 0.218 e. The van der Waals surface area contributed by atoms with Crippen LogP contribution in [0.25, 0.3) is 0 Å². The molecule has 118 valence electrons. The highest BCUT2D eigenvalue weighted by atomic mass is 32.2. The summed E-state index contributed by atoms with van der Waals surface area (Å²) >= 11 is 0. The Morgan fingerprint density at radius 2 is 1.86 bits per heavy atom. The maximum absolute atomic E-state index is 12.7. The molecule has 2 N–H and O–H groups in total. The largest absolute Gasteiger partial charge is 0.326 e. The Morgan fingerprint density at radius 3 is 2.38 bits per heavy atom. The number of hydrogen-bond donors (Lipinski definition) is 1. The molecule has 0 aromatic heterocycles. The highest BCUT2D eigenvalue weighted by molar-refractivity contribution is 7.88. The van der Waals surface area contributed by atoms with E-state index < -0.39 is 10.0 Å². The van der Waals surface area contributed by atoms with Crippen molar-refractivity contribution >= 4 is 10.0 Å². The molecular weight excluding hydrogens is 284 g/mol. The van der Waals surface area contributed by atoms with Crippen molar-refractivity contribution < 1.29 is 8.42 Å². The second kappa shape index (κ2) is 6.90. The molecule has 1 saturated carbocycles. The summed E-state index contributed by atoms with van der Waals surface area (Å²) in [6.07, 6.45) is 2.90. The third-order valence-corrected chi connectivity index (χ3v) is 5.79. The van der Waals surface area contributed by atoms with Gasteiger partial charge in [-0.15, -0.1) is 0 Å². The van der Waals surface area contributed by atoms with Gasteiger partial charge in [-0.25, -0.2) is 8.42 Å². The molecule has 0 atom stereocenters. The van der Waals surface area contributed by atoms with Crippen LogP contribution in [0.15, 0.2) is 24.3 Å². The minimum Gasteiger partial charge on any atom is -0.326 e. The van der Waals surface area contributed by atoms with Crippen LogP contribution in [-0.4, -0.2) is 25.3 Å². The van der Waals surface area contributed by atoms with E-state index in [-0.39, 0.29) is 11.8 Å². The molecule has 0 saturated heterocycles. The van der Waals surface area contributed by atoms with Crippen LogP contribution < -0.4 is 5.73 Å². The zero-order valence-corrected chi connectivity index (χ0v) is 13.8. The Bertz CT molecular complexity index is 565. The summed E-state index contributed by atoms with van der Waals surface area (Å²) in [4.78, 5) is 0. The highest BCUT2D eigenvalue weighted by Crippen LogP contribution is 2.31. The second-order valence-corrected chi connectivity index (χ2v) is 8.17. The van der Waals surface area contributed by atoms with E-state index in [0.29, 0.717) is 19.0 Å². The fraction of sp³-hybridized carbons (Fsp3) is 0.625. The lowest BCUT2D eigenvalue weighted by Gasteiger charge is -2.23. The van der Waals surface area contributed by atoms with Crippen LogP contribution in [0, 0.1) is 5.92 Å². The van der Waals surface area contributed by atoms with Gasteiger partial charge >= 0.3 is 0 Å². The first-order chi connectivity index (χ1) is 9.94. The first-order valence-corrected chi connectivity index (χ1v) is 9.31. The van der Waals surface area contributed by atoms with Crippen LogP contribution in [0.4, 0.5) is 0 Å². The number of nitrogens with zero attached hydrogens (tertiary/aromatic N) is 1. The van der Waals surface area contributed by atoms with Crippen molar-refractivity contribution in [2.75, 3.05) is 6.54 Å². The maximum atomic E-state index is 12.7. The minimum absolute atomic E-state index is 0.0645. The van der Waals surface area contributed by atoms with Crippen LogP contribution in [0.2, 0.25) is 0 Å². The summed E-state index contributed by atoms with van der Waals surface area (Å²) in [5.74, 6) is 0.576. The Kier molecular flexibility index (Phi) is 5.41. The van der Waals surface area contributed by atoms with Crippen molar-refractivity contribution in [2.24, 2.45) is 11.7 Å². The zero-order chi connectivity index (χ0) is 15.5.